The highest BCUT2D eigenvalue weighted by Crippen LogP contribution is 2.29. The van der Waals surface area contributed by atoms with E-state index in [4.69, 9.17) is 0 Å². The molecular weight excluding hydrogens is 98.1 g/mol. The molecule has 1 saturated carbocycles. The zero-order valence-corrected chi connectivity index (χ0v) is 5.04. The van der Waals surface area contributed by atoms with Crippen LogP contribution in [0.15, 0.2) is 11.1 Å². The van der Waals surface area contributed by atoms with Gasteiger partial charge in [0, 0.05) is 13.1 Å². The Hall–Kier alpha value is -0.300. The first-order valence-electron chi connectivity index (χ1n) is 3.37. The van der Waals surface area contributed by atoms with Gasteiger partial charge in [-0.25, -0.2) is 0 Å². The van der Waals surface area contributed by atoms with E-state index >= 15 is 0 Å². The molecule has 0 aromatic rings. The third-order valence-electron chi connectivity index (χ3n) is 2.13. The van der Waals surface area contributed by atoms with Crippen molar-refractivity contribution < 1.29 is 0 Å². The summed E-state index contributed by atoms with van der Waals surface area (Å²) < 4.78 is 0. The second-order valence-electron chi connectivity index (χ2n) is 2.66. The monoisotopic (exact) mass is 109 g/mol. The molecule has 0 aromatic carbocycles. The lowest BCUT2D eigenvalue weighted by molar-refractivity contribution is 0.582. The smallest absolute Gasteiger partial charge is 0.0183 e. The normalized spacial score (nSPS) is 27.0. The molecule has 1 heteroatoms. The fourth-order valence-corrected chi connectivity index (χ4v) is 1.21. The zero-order valence-electron chi connectivity index (χ0n) is 5.04. The van der Waals surface area contributed by atoms with Gasteiger partial charge in [-0.3, -0.25) is 0 Å². The minimum Gasteiger partial charge on any atom is -0.309 e. The summed E-state index contributed by atoms with van der Waals surface area (Å²) in [6.45, 7) is 2.38. The number of allylic oxidation sites excluding steroid dienone is 1. The molecular formula is C7H11N. The molecule has 2 fully saturated rings. The largest absolute Gasteiger partial charge is 0.309 e. The van der Waals surface area contributed by atoms with Gasteiger partial charge in [-0.2, -0.15) is 0 Å². The summed E-state index contributed by atoms with van der Waals surface area (Å²) in [6, 6.07) is 0. The van der Waals surface area contributed by atoms with Gasteiger partial charge in [-0.1, -0.05) is 5.57 Å². The average Bonchev–Trinajstić information content (AvgIpc) is 1.47. The van der Waals surface area contributed by atoms with Gasteiger partial charge in [0.1, 0.15) is 0 Å². The molecule has 0 radical (unpaired) electrons. The lowest BCUT2D eigenvalue weighted by Crippen LogP contribution is -2.35. The zero-order chi connectivity index (χ0) is 5.40. The summed E-state index contributed by atoms with van der Waals surface area (Å²) in [5.41, 5.74) is 3.46. The van der Waals surface area contributed by atoms with Gasteiger partial charge < -0.3 is 5.32 Å². The molecule has 1 aliphatic carbocycles. The Morgan fingerprint density at radius 2 is 1.75 bits per heavy atom. The predicted octanol–water partition coefficient (Wildman–Crippen LogP) is 1.07. The summed E-state index contributed by atoms with van der Waals surface area (Å²) >= 11 is 0. The summed E-state index contributed by atoms with van der Waals surface area (Å²) in [5, 5.41) is 3.25. The fraction of sp³-hybridized carbons (Fsp3) is 0.714. The first kappa shape index (κ1) is 4.57. The van der Waals surface area contributed by atoms with Crippen molar-refractivity contribution in [2.75, 3.05) is 13.1 Å². The van der Waals surface area contributed by atoms with Crippen molar-refractivity contribution in [3.8, 4) is 0 Å². The van der Waals surface area contributed by atoms with Crippen LogP contribution >= 0.6 is 0 Å². The summed E-state index contributed by atoms with van der Waals surface area (Å²) in [7, 11) is 0. The van der Waals surface area contributed by atoms with Crippen LogP contribution in [0.3, 0.4) is 0 Å². The second kappa shape index (κ2) is 1.59. The van der Waals surface area contributed by atoms with Crippen LogP contribution in [-0.4, -0.2) is 13.1 Å². The molecule has 0 aromatic heterocycles. The summed E-state index contributed by atoms with van der Waals surface area (Å²) in [6.07, 6.45) is 4.24. The highest BCUT2D eigenvalue weighted by Gasteiger charge is 2.17. The van der Waals surface area contributed by atoms with Crippen LogP contribution in [0.2, 0.25) is 0 Å². The van der Waals surface area contributed by atoms with Crippen molar-refractivity contribution in [2.24, 2.45) is 0 Å². The van der Waals surface area contributed by atoms with E-state index in [2.05, 4.69) is 5.32 Å². The van der Waals surface area contributed by atoms with Gasteiger partial charge in [0.05, 0.1) is 0 Å². The Morgan fingerprint density at radius 3 is 1.88 bits per heavy atom. The van der Waals surface area contributed by atoms with Crippen molar-refractivity contribution in [3.05, 3.63) is 11.1 Å². The Balaban J connectivity index is 2.07. The third kappa shape index (κ3) is 0.511. The van der Waals surface area contributed by atoms with E-state index < -0.39 is 0 Å². The van der Waals surface area contributed by atoms with Crippen molar-refractivity contribution in [1.82, 2.24) is 5.32 Å². The minimum atomic E-state index is 1.19. The molecule has 0 spiro atoms. The van der Waals surface area contributed by atoms with Gasteiger partial charge in [-0.15, -0.1) is 0 Å². The van der Waals surface area contributed by atoms with Gasteiger partial charge in [0.25, 0.3) is 0 Å². The van der Waals surface area contributed by atoms with E-state index in [0.29, 0.717) is 0 Å². The average molecular weight is 109 g/mol. The van der Waals surface area contributed by atoms with Gasteiger partial charge in [0.15, 0.2) is 0 Å². The lowest BCUT2D eigenvalue weighted by Gasteiger charge is -2.28. The van der Waals surface area contributed by atoms with Crippen molar-refractivity contribution in [1.29, 1.82) is 0 Å². The van der Waals surface area contributed by atoms with Crippen LogP contribution in [0.4, 0.5) is 0 Å². The maximum Gasteiger partial charge on any atom is 0.0183 e. The molecule has 8 heavy (non-hydrogen) atoms. The number of rotatable bonds is 0. The minimum absolute atomic E-state index is 1.19. The van der Waals surface area contributed by atoms with Crippen LogP contribution in [0.1, 0.15) is 19.3 Å². The van der Waals surface area contributed by atoms with Crippen LogP contribution in [-0.2, 0) is 0 Å². The van der Waals surface area contributed by atoms with E-state index in [1.165, 1.54) is 32.4 Å². The Labute approximate surface area is 49.8 Å². The topological polar surface area (TPSA) is 12.0 Å². The molecule has 2 rings (SSSR count). The molecule has 0 amide bonds. The van der Waals surface area contributed by atoms with E-state index in [-0.39, 0.29) is 0 Å². The Bertz CT molecular complexity index is 107. The standard InChI is InChI=1S/C7H11N/c1-2-6(3-1)7-4-8-5-7/h8H,1-5H2. The van der Waals surface area contributed by atoms with Crippen molar-refractivity contribution >= 4 is 0 Å². The summed E-state index contributed by atoms with van der Waals surface area (Å²) in [4.78, 5) is 0. The van der Waals surface area contributed by atoms with Gasteiger partial charge >= 0.3 is 0 Å². The fourth-order valence-electron chi connectivity index (χ4n) is 1.21. The van der Waals surface area contributed by atoms with Crippen molar-refractivity contribution in [2.45, 2.75) is 19.3 Å². The van der Waals surface area contributed by atoms with Crippen molar-refractivity contribution in [3.63, 3.8) is 0 Å². The Morgan fingerprint density at radius 1 is 1.00 bits per heavy atom. The first-order valence-corrected chi connectivity index (χ1v) is 3.37. The second-order valence-corrected chi connectivity index (χ2v) is 2.66. The lowest BCUT2D eigenvalue weighted by atomic mass is 9.86. The number of hydrogen-bond donors (Lipinski definition) is 1. The quantitative estimate of drug-likeness (QED) is 0.459. The molecule has 0 bridgehead atoms. The Kier molecular flexibility index (Phi) is 0.908. The van der Waals surface area contributed by atoms with Gasteiger partial charge in [0.2, 0.25) is 0 Å². The van der Waals surface area contributed by atoms with E-state index in [1.54, 1.807) is 11.1 Å². The third-order valence-corrected chi connectivity index (χ3v) is 2.13. The molecule has 44 valence electrons. The predicted molar refractivity (Wildman–Crippen MR) is 33.7 cm³/mol. The van der Waals surface area contributed by atoms with Crippen LogP contribution < -0.4 is 5.32 Å². The van der Waals surface area contributed by atoms with Gasteiger partial charge in [-0.05, 0) is 24.8 Å². The summed E-state index contributed by atoms with van der Waals surface area (Å²) in [5.74, 6) is 0. The molecule has 2 aliphatic rings. The molecule has 1 N–H and O–H groups in total. The molecule has 1 saturated heterocycles. The van der Waals surface area contributed by atoms with Crippen LogP contribution in [0.25, 0.3) is 0 Å². The maximum absolute atomic E-state index is 3.25. The molecule has 1 heterocycles. The SMILES string of the molecule is C1CC(=C2CNC2)C1. The molecule has 1 nitrogen and oxygen atoms in total. The van der Waals surface area contributed by atoms with Crippen LogP contribution in [0.5, 0.6) is 0 Å². The first-order chi connectivity index (χ1) is 3.97. The number of hydrogen-bond acceptors (Lipinski definition) is 1. The highest BCUT2D eigenvalue weighted by molar-refractivity contribution is 5.26. The molecule has 0 unspecified atom stereocenters. The number of nitrogens with one attached hydrogen (secondary N) is 1. The van der Waals surface area contributed by atoms with E-state index in [0.717, 1.165) is 0 Å². The van der Waals surface area contributed by atoms with Crippen LogP contribution in [0, 0.1) is 0 Å². The molecule has 0 atom stereocenters. The highest BCUT2D eigenvalue weighted by atomic mass is 14.9. The van der Waals surface area contributed by atoms with E-state index in [9.17, 15) is 0 Å². The van der Waals surface area contributed by atoms with E-state index in [1.807, 2.05) is 0 Å². The molecule has 1 aliphatic heterocycles. The maximum atomic E-state index is 3.25.